The first-order chi connectivity index (χ1) is 8.63. The summed E-state index contributed by atoms with van der Waals surface area (Å²) in [7, 11) is 3.70. The minimum absolute atomic E-state index is 0.165. The fourth-order valence-electron chi connectivity index (χ4n) is 1.29. The Hall–Kier alpha value is -1.73. The van der Waals surface area contributed by atoms with Crippen LogP contribution >= 0.6 is 0 Å². The molecule has 0 bridgehead atoms. The number of hydrogen-bond donors (Lipinski definition) is 2. The van der Waals surface area contributed by atoms with Crippen molar-refractivity contribution >= 4 is 11.7 Å². The minimum atomic E-state index is -0.576. The number of nitrogens with zero attached hydrogens (tertiary/aromatic N) is 3. The summed E-state index contributed by atoms with van der Waals surface area (Å²) in [6, 6.07) is 3.23. The van der Waals surface area contributed by atoms with Crippen LogP contribution in [0.15, 0.2) is 12.1 Å². The zero-order valence-corrected chi connectivity index (χ0v) is 10.7. The number of likely N-dealkylation sites (N-methyl/N-ethyl adjacent to an activating group) is 1. The first kappa shape index (κ1) is 14.3. The number of methoxy groups -OCH3 is 1. The molecule has 1 aromatic heterocycles. The summed E-state index contributed by atoms with van der Waals surface area (Å²) in [6.07, 6.45) is 0. The lowest BCUT2D eigenvalue weighted by atomic mass is 10.3. The summed E-state index contributed by atoms with van der Waals surface area (Å²) < 4.78 is 4.98. The predicted octanol–water partition coefficient (Wildman–Crippen LogP) is -0.434. The molecule has 0 saturated heterocycles. The van der Waals surface area contributed by atoms with Crippen molar-refractivity contribution in [2.75, 3.05) is 45.7 Å². The Kier molecular flexibility index (Phi) is 6.03. The molecule has 0 unspecified atom stereocenters. The van der Waals surface area contributed by atoms with Crippen molar-refractivity contribution in [3.05, 3.63) is 17.8 Å². The summed E-state index contributed by atoms with van der Waals surface area (Å²) >= 11 is 0. The van der Waals surface area contributed by atoms with E-state index in [0.29, 0.717) is 12.4 Å². The van der Waals surface area contributed by atoms with Gasteiger partial charge in [-0.1, -0.05) is 0 Å². The van der Waals surface area contributed by atoms with Crippen LogP contribution in [-0.4, -0.2) is 61.4 Å². The lowest BCUT2D eigenvalue weighted by molar-refractivity contribution is 0.0994. The van der Waals surface area contributed by atoms with Gasteiger partial charge in [-0.3, -0.25) is 4.79 Å². The van der Waals surface area contributed by atoms with Crippen molar-refractivity contribution in [1.82, 2.24) is 15.1 Å². The number of primary amides is 1. The average Bonchev–Trinajstić information content (AvgIpc) is 2.37. The summed E-state index contributed by atoms with van der Waals surface area (Å²) in [5, 5.41) is 10.7. The first-order valence-corrected chi connectivity index (χ1v) is 5.68. The molecule has 100 valence electrons. The van der Waals surface area contributed by atoms with Gasteiger partial charge in [0.05, 0.1) is 6.61 Å². The second-order valence-corrected chi connectivity index (χ2v) is 3.89. The van der Waals surface area contributed by atoms with Gasteiger partial charge in [0.15, 0.2) is 5.69 Å². The molecule has 0 saturated carbocycles. The van der Waals surface area contributed by atoms with E-state index in [9.17, 15) is 4.79 Å². The van der Waals surface area contributed by atoms with Crippen molar-refractivity contribution < 1.29 is 9.53 Å². The van der Waals surface area contributed by atoms with E-state index < -0.39 is 5.91 Å². The van der Waals surface area contributed by atoms with Crippen molar-refractivity contribution in [3.8, 4) is 0 Å². The highest BCUT2D eigenvalue weighted by atomic mass is 16.5. The molecule has 3 N–H and O–H groups in total. The smallest absolute Gasteiger partial charge is 0.269 e. The summed E-state index contributed by atoms with van der Waals surface area (Å²) in [6.45, 7) is 3.20. The standard InChI is InChI=1S/C11H19N5O2/c1-16(7-8-18-2)6-5-13-10-4-3-9(11(12)17)14-15-10/h3-4H,5-8H2,1-2H3,(H2,12,17)(H,13,15). The monoisotopic (exact) mass is 253 g/mol. The van der Waals surface area contributed by atoms with Gasteiger partial charge >= 0.3 is 0 Å². The lowest BCUT2D eigenvalue weighted by Crippen LogP contribution is -2.28. The topological polar surface area (TPSA) is 93.4 Å². The maximum absolute atomic E-state index is 10.8. The number of nitrogens with one attached hydrogen (secondary N) is 1. The van der Waals surface area contributed by atoms with Crippen LogP contribution in [-0.2, 0) is 4.74 Å². The highest BCUT2D eigenvalue weighted by Crippen LogP contribution is 2.00. The number of rotatable bonds is 8. The van der Waals surface area contributed by atoms with Gasteiger partial charge in [0.1, 0.15) is 5.82 Å². The summed E-state index contributed by atoms with van der Waals surface area (Å²) in [5.41, 5.74) is 5.23. The fraction of sp³-hybridized carbons (Fsp3) is 0.545. The number of amides is 1. The Bertz CT molecular complexity index is 368. The molecule has 0 aliphatic carbocycles. The van der Waals surface area contributed by atoms with Crippen LogP contribution in [0.4, 0.5) is 5.82 Å². The molecule has 1 heterocycles. The Labute approximate surface area is 106 Å². The van der Waals surface area contributed by atoms with E-state index in [-0.39, 0.29) is 5.69 Å². The molecule has 1 aromatic rings. The molecule has 7 nitrogen and oxygen atoms in total. The van der Waals surface area contributed by atoms with Crippen molar-refractivity contribution in [2.45, 2.75) is 0 Å². The molecular formula is C11H19N5O2. The van der Waals surface area contributed by atoms with Gasteiger partial charge in [-0.25, -0.2) is 0 Å². The van der Waals surface area contributed by atoms with Crippen molar-refractivity contribution in [3.63, 3.8) is 0 Å². The normalized spacial score (nSPS) is 10.6. The highest BCUT2D eigenvalue weighted by Gasteiger charge is 2.03. The molecule has 1 amide bonds. The minimum Gasteiger partial charge on any atom is -0.383 e. The number of nitrogens with two attached hydrogens (primary N) is 1. The number of carbonyl (C=O) groups is 1. The molecule has 0 atom stereocenters. The molecule has 0 aliphatic heterocycles. The van der Waals surface area contributed by atoms with Crippen molar-refractivity contribution in [2.24, 2.45) is 5.73 Å². The largest absolute Gasteiger partial charge is 0.383 e. The predicted molar refractivity (Wildman–Crippen MR) is 68.4 cm³/mol. The van der Waals surface area contributed by atoms with E-state index >= 15 is 0 Å². The van der Waals surface area contributed by atoms with Crippen LogP contribution < -0.4 is 11.1 Å². The molecule has 0 spiro atoms. The molecule has 0 fully saturated rings. The van der Waals surface area contributed by atoms with Crippen LogP contribution in [0.1, 0.15) is 10.5 Å². The van der Waals surface area contributed by atoms with Gasteiger partial charge in [-0.2, -0.15) is 0 Å². The Morgan fingerprint density at radius 3 is 2.78 bits per heavy atom. The molecule has 0 radical (unpaired) electrons. The van der Waals surface area contributed by atoms with E-state index in [0.717, 1.165) is 19.6 Å². The fourth-order valence-corrected chi connectivity index (χ4v) is 1.29. The Morgan fingerprint density at radius 1 is 1.44 bits per heavy atom. The number of anilines is 1. The maximum Gasteiger partial charge on any atom is 0.269 e. The SMILES string of the molecule is COCCN(C)CCNc1ccc(C(N)=O)nn1. The molecule has 0 aliphatic rings. The highest BCUT2D eigenvalue weighted by molar-refractivity contribution is 5.90. The molecule has 1 rings (SSSR count). The summed E-state index contributed by atoms with van der Waals surface area (Å²) in [5.74, 6) is 0.0495. The Morgan fingerprint density at radius 2 is 2.22 bits per heavy atom. The zero-order chi connectivity index (χ0) is 13.4. The van der Waals surface area contributed by atoms with E-state index in [1.165, 1.54) is 0 Å². The molecular weight excluding hydrogens is 234 g/mol. The van der Waals surface area contributed by atoms with E-state index in [1.54, 1.807) is 19.2 Å². The lowest BCUT2D eigenvalue weighted by Gasteiger charge is -2.16. The quantitative estimate of drug-likeness (QED) is 0.652. The zero-order valence-electron chi connectivity index (χ0n) is 10.7. The van der Waals surface area contributed by atoms with E-state index in [4.69, 9.17) is 10.5 Å². The summed E-state index contributed by atoms with van der Waals surface area (Å²) in [4.78, 5) is 12.9. The van der Waals surface area contributed by atoms with Crippen LogP contribution in [0.25, 0.3) is 0 Å². The number of ether oxygens (including phenoxy) is 1. The van der Waals surface area contributed by atoms with Gasteiger partial charge in [0.25, 0.3) is 5.91 Å². The third kappa shape index (κ3) is 5.07. The molecule has 7 heteroatoms. The van der Waals surface area contributed by atoms with Crippen LogP contribution in [0.3, 0.4) is 0 Å². The van der Waals surface area contributed by atoms with Gasteiger partial charge < -0.3 is 20.7 Å². The van der Waals surface area contributed by atoms with Gasteiger partial charge in [-0.15, -0.1) is 10.2 Å². The van der Waals surface area contributed by atoms with Crippen LogP contribution in [0.2, 0.25) is 0 Å². The Balaban J connectivity index is 2.29. The third-order valence-corrected chi connectivity index (χ3v) is 2.39. The molecule has 18 heavy (non-hydrogen) atoms. The number of carbonyl (C=O) groups excluding carboxylic acids is 1. The van der Waals surface area contributed by atoms with E-state index in [2.05, 4.69) is 20.4 Å². The first-order valence-electron chi connectivity index (χ1n) is 5.68. The second kappa shape index (κ2) is 7.57. The van der Waals surface area contributed by atoms with E-state index in [1.807, 2.05) is 7.05 Å². The number of hydrogen-bond acceptors (Lipinski definition) is 6. The van der Waals surface area contributed by atoms with Gasteiger partial charge in [0, 0.05) is 26.7 Å². The maximum atomic E-state index is 10.8. The number of aromatic nitrogens is 2. The van der Waals surface area contributed by atoms with Crippen LogP contribution in [0, 0.1) is 0 Å². The third-order valence-electron chi connectivity index (χ3n) is 2.39. The molecule has 0 aromatic carbocycles. The average molecular weight is 253 g/mol. The van der Waals surface area contributed by atoms with Crippen LogP contribution in [0.5, 0.6) is 0 Å². The van der Waals surface area contributed by atoms with Gasteiger partial charge in [0.2, 0.25) is 0 Å². The van der Waals surface area contributed by atoms with Crippen molar-refractivity contribution in [1.29, 1.82) is 0 Å². The second-order valence-electron chi connectivity index (χ2n) is 3.89. The van der Waals surface area contributed by atoms with Gasteiger partial charge in [-0.05, 0) is 19.2 Å².